The zero-order valence-corrected chi connectivity index (χ0v) is 46.4. The van der Waals surface area contributed by atoms with Crippen molar-refractivity contribution in [3.05, 3.63) is 104 Å². The summed E-state index contributed by atoms with van der Waals surface area (Å²) in [6, 6.07) is 12.4. The van der Waals surface area contributed by atoms with Gasteiger partial charge in [-0.1, -0.05) is 78.6 Å². The Hall–Kier alpha value is -2.46. The normalized spacial score (nSPS) is 14.7. The third-order valence-electron chi connectivity index (χ3n) is 8.87. The van der Waals surface area contributed by atoms with Crippen molar-refractivity contribution in [2.75, 3.05) is 19.8 Å². The molecule has 0 aliphatic heterocycles. The van der Waals surface area contributed by atoms with Crippen molar-refractivity contribution < 1.29 is 103 Å². The van der Waals surface area contributed by atoms with Crippen LogP contribution >= 0.6 is 71.2 Å². The second kappa shape index (κ2) is 25.1. The van der Waals surface area contributed by atoms with Crippen molar-refractivity contribution >= 4 is 71.2 Å². The molecule has 0 unspecified atom stereocenters. The molecule has 0 radical (unpaired) electrons. The summed E-state index contributed by atoms with van der Waals surface area (Å²) in [6.07, 6.45) is 26.3. The molecule has 0 bridgehead atoms. The van der Waals surface area contributed by atoms with E-state index in [4.69, 9.17) is 14.2 Å². The van der Waals surface area contributed by atoms with Crippen LogP contribution in [0.25, 0.3) is 0 Å². The van der Waals surface area contributed by atoms with Crippen molar-refractivity contribution in [3.63, 3.8) is 0 Å². The van der Waals surface area contributed by atoms with E-state index in [0.717, 1.165) is 85.9 Å². The van der Waals surface area contributed by atoms with Crippen LogP contribution in [0.15, 0.2) is 87.0 Å². The first-order chi connectivity index (χ1) is 32.3. The minimum atomic E-state index is -10.7. The Bertz CT molecular complexity index is 2030. The van der Waals surface area contributed by atoms with Crippen LogP contribution in [0.4, 0.5) is 75.5 Å². The second-order valence-corrected chi connectivity index (χ2v) is 24.6. The predicted molar refractivity (Wildman–Crippen MR) is 256 cm³/mol. The summed E-state index contributed by atoms with van der Waals surface area (Å²) in [7, 11) is -32.0. The summed E-state index contributed by atoms with van der Waals surface area (Å²) < 4.78 is 208. The Labute approximate surface area is 430 Å². The molecule has 0 spiro atoms. The van der Waals surface area contributed by atoms with Gasteiger partial charge >= 0.3 is 99.0 Å². The van der Waals surface area contributed by atoms with E-state index < -0.39 is 23.4 Å². The number of benzene rings is 1. The molecule has 3 aromatic heterocycles. The zero-order valence-electron chi connectivity index (χ0n) is 39.0. The van der Waals surface area contributed by atoms with Gasteiger partial charge in [-0.15, -0.1) is 0 Å². The van der Waals surface area contributed by atoms with Gasteiger partial charge in [-0.3, -0.25) is 0 Å². The molecule has 0 N–H and O–H groups in total. The fourth-order valence-electron chi connectivity index (χ4n) is 6.23. The zero-order chi connectivity index (χ0) is 55.5. The monoisotopic (exact) mass is 1320 g/mol. The van der Waals surface area contributed by atoms with Crippen molar-refractivity contribution in [3.8, 4) is 17.2 Å². The first-order valence-electron chi connectivity index (χ1n) is 22.0. The SMILES string of the molecule is CCCCCCOc1c(C[n+]2cccc(Br)c2)c(OCCCCCC)c(C[n+]2cccc(Br)c2)c(OCCCCCC)c1C[n+]1cccc(Br)c1.F[P-](F)(F)(F)(F)F.F[P-](F)(F)(F)(F)F.F[P-](F)(F)(F)(F)F. The van der Waals surface area contributed by atoms with Gasteiger partial charge in [0.05, 0.1) is 33.2 Å². The van der Waals surface area contributed by atoms with E-state index in [2.05, 4.69) is 156 Å². The van der Waals surface area contributed by atoms with Crippen LogP contribution in [0.3, 0.4) is 0 Å². The fourth-order valence-corrected chi connectivity index (χ4v) is 7.48. The molecule has 0 saturated carbocycles. The molecule has 72 heavy (non-hydrogen) atoms. The second-order valence-electron chi connectivity index (χ2n) is 16.1. The minimum absolute atomic E-state index is 0.594. The molecule has 3 heterocycles. The van der Waals surface area contributed by atoms with E-state index in [0.29, 0.717) is 39.5 Å². The van der Waals surface area contributed by atoms with Crippen molar-refractivity contribution in [2.45, 2.75) is 117 Å². The van der Waals surface area contributed by atoms with E-state index in [1.54, 1.807) is 0 Å². The standard InChI is InChI=1S/C42H57Br3N3O3.3F6P/c1-4-7-10-13-25-49-40-37(31-46-22-16-19-34(43)28-46)41(50-26-14-11-8-5-2)39(33-48-24-18-21-36(45)30-48)42(51-27-15-12-9-6-3)38(40)32-47-23-17-20-35(44)29-47;3*1-7(2,3,4,5)6/h16-24,28-30H,4-15,25-27,31-33H2,1-3H3;;;/q+3;3*-1. The van der Waals surface area contributed by atoms with E-state index in [9.17, 15) is 75.5 Å². The maximum absolute atomic E-state index is 10.7. The number of rotatable bonds is 24. The summed E-state index contributed by atoms with van der Waals surface area (Å²) in [5.41, 5.74) is 3.16. The summed E-state index contributed by atoms with van der Waals surface area (Å²) in [5, 5.41) is 0. The molecule has 0 amide bonds. The number of aromatic nitrogens is 3. The predicted octanol–water partition coefficient (Wildman–Crippen LogP) is 21.0. The molecular formula is C42H57Br3F18N3O3P3. The molecule has 4 aromatic rings. The Morgan fingerprint density at radius 1 is 0.361 bits per heavy atom. The molecular weight excluding hydrogens is 1270 g/mol. The number of nitrogens with zero attached hydrogens (tertiary/aromatic N) is 3. The molecule has 0 fully saturated rings. The summed E-state index contributed by atoms with van der Waals surface area (Å²) in [6.45, 7) is 10.4. The number of hydrogen-bond donors (Lipinski definition) is 0. The molecule has 6 nitrogen and oxygen atoms in total. The summed E-state index contributed by atoms with van der Waals surface area (Å²) >= 11 is 11.1. The number of halogens is 21. The van der Waals surface area contributed by atoms with Crippen LogP contribution in [-0.4, -0.2) is 19.8 Å². The van der Waals surface area contributed by atoms with E-state index >= 15 is 0 Å². The van der Waals surface area contributed by atoms with E-state index in [1.807, 2.05) is 0 Å². The molecule has 420 valence electrons. The van der Waals surface area contributed by atoms with Gasteiger partial charge in [-0.25, -0.2) is 0 Å². The van der Waals surface area contributed by atoms with Gasteiger partial charge in [0.15, 0.2) is 56.8 Å². The van der Waals surface area contributed by atoms with Crippen LogP contribution < -0.4 is 27.9 Å². The van der Waals surface area contributed by atoms with Crippen molar-refractivity contribution in [1.82, 2.24) is 0 Å². The van der Waals surface area contributed by atoms with Crippen LogP contribution in [0.5, 0.6) is 17.2 Å². The van der Waals surface area contributed by atoms with Gasteiger partial charge in [0.1, 0.15) is 33.9 Å². The molecule has 0 aliphatic carbocycles. The number of unbranched alkanes of at least 4 members (excludes halogenated alkanes) is 9. The van der Waals surface area contributed by atoms with Gasteiger partial charge in [0, 0.05) is 18.2 Å². The molecule has 4 rings (SSSR count). The van der Waals surface area contributed by atoms with Gasteiger partial charge in [-0.05, 0) is 85.3 Å². The first kappa shape index (κ1) is 67.6. The topological polar surface area (TPSA) is 39.3 Å². The molecule has 30 heteroatoms. The van der Waals surface area contributed by atoms with Gasteiger partial charge in [0.25, 0.3) is 0 Å². The summed E-state index contributed by atoms with van der Waals surface area (Å²) in [4.78, 5) is 0. The summed E-state index contributed by atoms with van der Waals surface area (Å²) in [5.74, 6) is 2.63. The molecule has 0 aliphatic rings. The van der Waals surface area contributed by atoms with Crippen LogP contribution in [0.2, 0.25) is 0 Å². The average Bonchev–Trinajstić information content (AvgIpc) is 3.17. The van der Waals surface area contributed by atoms with E-state index in [1.165, 1.54) is 38.5 Å². The molecule has 0 saturated heterocycles. The van der Waals surface area contributed by atoms with Gasteiger partial charge in [0.2, 0.25) is 0 Å². The number of pyridine rings is 3. The molecule has 1 aromatic carbocycles. The van der Waals surface area contributed by atoms with Crippen molar-refractivity contribution in [2.24, 2.45) is 0 Å². The third kappa shape index (κ3) is 41.8. The molecule has 0 atom stereocenters. The van der Waals surface area contributed by atoms with Crippen LogP contribution in [0.1, 0.15) is 115 Å². The average molecular weight is 1330 g/mol. The van der Waals surface area contributed by atoms with Crippen molar-refractivity contribution in [1.29, 1.82) is 0 Å². The third-order valence-corrected chi connectivity index (χ3v) is 10.3. The fraction of sp³-hybridized carbons (Fsp3) is 0.500. The Morgan fingerprint density at radius 2 is 0.569 bits per heavy atom. The van der Waals surface area contributed by atoms with Gasteiger partial charge in [-0.2, -0.15) is 13.7 Å². The number of ether oxygens (including phenoxy) is 3. The Balaban J connectivity index is 0.00000103. The first-order valence-corrected chi connectivity index (χ1v) is 30.5. The van der Waals surface area contributed by atoms with Crippen LogP contribution in [0, 0.1) is 0 Å². The number of hydrogen-bond acceptors (Lipinski definition) is 3. The van der Waals surface area contributed by atoms with Gasteiger partial charge < -0.3 is 14.2 Å². The quantitative estimate of drug-likeness (QED) is 0.0304. The van der Waals surface area contributed by atoms with Crippen LogP contribution in [-0.2, 0) is 19.6 Å². The maximum atomic E-state index is 9.87. The Kier molecular flexibility index (Phi) is 23.6. The Morgan fingerprint density at radius 3 is 0.750 bits per heavy atom. The van der Waals surface area contributed by atoms with E-state index in [-0.39, 0.29) is 0 Å².